The van der Waals surface area contributed by atoms with Gasteiger partial charge in [0, 0.05) is 24.7 Å². The normalized spacial score (nSPS) is 14.2. The molecule has 0 aliphatic carbocycles. The van der Waals surface area contributed by atoms with E-state index in [1.807, 2.05) is 50.2 Å². The maximum atomic E-state index is 10.3. The third kappa shape index (κ3) is 4.06. The first-order valence-electron chi connectivity index (χ1n) is 6.95. The zero-order chi connectivity index (χ0) is 15.5. The predicted octanol–water partition coefficient (Wildman–Crippen LogP) is 1.97. The van der Waals surface area contributed by atoms with Crippen molar-refractivity contribution in [1.82, 2.24) is 9.88 Å². The summed E-state index contributed by atoms with van der Waals surface area (Å²) in [7, 11) is 5.54. The lowest BCUT2D eigenvalue weighted by molar-refractivity contribution is 0.0459. The first-order valence-corrected chi connectivity index (χ1v) is 6.95. The molecule has 1 aromatic carbocycles. The van der Waals surface area contributed by atoms with Gasteiger partial charge in [-0.25, -0.2) is 4.98 Å². The molecule has 0 aliphatic heterocycles. The molecule has 5 heteroatoms. The molecule has 0 amide bonds. The maximum absolute atomic E-state index is 10.3. The van der Waals surface area contributed by atoms with Crippen molar-refractivity contribution < 1.29 is 9.84 Å². The molecule has 0 bridgehead atoms. The summed E-state index contributed by atoms with van der Waals surface area (Å²) in [5.74, 6) is 1.59. The maximum Gasteiger partial charge on any atom is 0.133 e. The van der Waals surface area contributed by atoms with E-state index in [0.29, 0.717) is 13.1 Å². The number of rotatable bonds is 6. The second-order valence-corrected chi connectivity index (χ2v) is 5.83. The fraction of sp³-hybridized carbons (Fsp3) is 0.438. The lowest BCUT2D eigenvalue weighted by atomic mass is 10.1. The van der Waals surface area contributed by atoms with E-state index in [2.05, 4.69) is 10.3 Å². The Morgan fingerprint density at radius 3 is 2.76 bits per heavy atom. The van der Waals surface area contributed by atoms with Crippen LogP contribution in [-0.2, 0) is 0 Å². The molecule has 2 N–H and O–H groups in total. The molecular weight excluding hydrogens is 266 g/mol. The highest BCUT2D eigenvalue weighted by Crippen LogP contribution is 2.25. The monoisotopic (exact) mass is 289 g/mol. The fourth-order valence-corrected chi connectivity index (χ4v) is 2.44. The molecular formula is C16H23N3O2. The van der Waals surface area contributed by atoms with Crippen molar-refractivity contribution in [3.63, 3.8) is 0 Å². The van der Waals surface area contributed by atoms with Crippen LogP contribution in [0.15, 0.2) is 30.5 Å². The van der Waals surface area contributed by atoms with Crippen LogP contribution in [0.1, 0.15) is 6.92 Å². The molecule has 1 atom stereocenters. The van der Waals surface area contributed by atoms with Gasteiger partial charge in [-0.3, -0.25) is 0 Å². The van der Waals surface area contributed by atoms with E-state index < -0.39 is 5.60 Å². The molecule has 0 spiro atoms. The Morgan fingerprint density at radius 1 is 1.33 bits per heavy atom. The lowest BCUT2D eigenvalue weighted by Crippen LogP contribution is -2.43. The second-order valence-electron chi connectivity index (χ2n) is 5.83. The number of methoxy groups -OCH3 is 1. The molecule has 0 saturated carbocycles. The highest BCUT2D eigenvalue weighted by molar-refractivity contribution is 5.92. The minimum Gasteiger partial charge on any atom is -0.497 e. The number of nitrogens with one attached hydrogen (secondary N) is 1. The number of ether oxygens (including phenoxy) is 1. The Balaban J connectivity index is 2.19. The number of aromatic nitrogens is 1. The molecule has 0 fully saturated rings. The van der Waals surface area contributed by atoms with Crippen molar-refractivity contribution in [2.45, 2.75) is 12.5 Å². The SMILES string of the molecule is COc1ccc2c(NCC(C)(O)CN(C)C)nccc2c1. The summed E-state index contributed by atoms with van der Waals surface area (Å²) < 4.78 is 5.23. The minimum absolute atomic E-state index is 0.434. The van der Waals surface area contributed by atoms with Crippen molar-refractivity contribution in [1.29, 1.82) is 0 Å². The summed E-state index contributed by atoms with van der Waals surface area (Å²) in [5.41, 5.74) is -0.820. The second kappa shape index (κ2) is 6.28. The average molecular weight is 289 g/mol. The molecule has 1 aromatic heterocycles. The van der Waals surface area contributed by atoms with Gasteiger partial charge in [0.1, 0.15) is 11.6 Å². The summed E-state index contributed by atoms with van der Waals surface area (Å²) in [4.78, 5) is 6.33. The van der Waals surface area contributed by atoms with Gasteiger partial charge in [-0.1, -0.05) is 0 Å². The predicted molar refractivity (Wildman–Crippen MR) is 86.0 cm³/mol. The molecule has 21 heavy (non-hydrogen) atoms. The van der Waals surface area contributed by atoms with Gasteiger partial charge in [0.05, 0.1) is 12.7 Å². The van der Waals surface area contributed by atoms with E-state index in [-0.39, 0.29) is 0 Å². The summed E-state index contributed by atoms with van der Waals surface area (Å²) >= 11 is 0. The number of nitrogens with zero attached hydrogens (tertiary/aromatic N) is 2. The molecule has 5 nitrogen and oxygen atoms in total. The average Bonchev–Trinajstić information content (AvgIpc) is 2.43. The van der Waals surface area contributed by atoms with E-state index in [0.717, 1.165) is 22.3 Å². The molecule has 1 unspecified atom stereocenters. The van der Waals surface area contributed by atoms with Crippen LogP contribution in [0.2, 0.25) is 0 Å². The van der Waals surface area contributed by atoms with Gasteiger partial charge in [-0.05, 0) is 50.7 Å². The summed E-state index contributed by atoms with van der Waals surface area (Å²) in [5, 5.41) is 15.7. The lowest BCUT2D eigenvalue weighted by Gasteiger charge is -2.27. The summed E-state index contributed by atoms with van der Waals surface area (Å²) in [6.07, 6.45) is 1.75. The van der Waals surface area contributed by atoms with Gasteiger partial charge < -0.3 is 20.1 Å². The third-order valence-electron chi connectivity index (χ3n) is 3.27. The molecule has 0 aliphatic rings. The number of aliphatic hydroxyl groups is 1. The first-order chi connectivity index (χ1) is 9.91. The van der Waals surface area contributed by atoms with Crippen molar-refractivity contribution in [2.24, 2.45) is 0 Å². The Labute approximate surface area is 125 Å². The van der Waals surface area contributed by atoms with Crippen LogP contribution < -0.4 is 10.1 Å². The molecule has 114 valence electrons. The largest absolute Gasteiger partial charge is 0.497 e. The zero-order valence-corrected chi connectivity index (χ0v) is 13.1. The van der Waals surface area contributed by atoms with Crippen LogP contribution >= 0.6 is 0 Å². The number of hydrogen-bond acceptors (Lipinski definition) is 5. The third-order valence-corrected chi connectivity index (χ3v) is 3.27. The fourth-order valence-electron chi connectivity index (χ4n) is 2.44. The summed E-state index contributed by atoms with van der Waals surface area (Å²) in [6, 6.07) is 7.80. The molecule has 0 radical (unpaired) electrons. The van der Waals surface area contributed by atoms with Gasteiger partial charge in [-0.2, -0.15) is 0 Å². The van der Waals surface area contributed by atoms with Crippen LogP contribution in [0.25, 0.3) is 10.8 Å². The number of benzene rings is 1. The Hall–Kier alpha value is -1.85. The van der Waals surface area contributed by atoms with Crippen LogP contribution in [0, 0.1) is 0 Å². The van der Waals surface area contributed by atoms with Crippen molar-refractivity contribution in [2.75, 3.05) is 39.6 Å². The van der Waals surface area contributed by atoms with E-state index in [9.17, 15) is 5.11 Å². The smallest absolute Gasteiger partial charge is 0.133 e. The van der Waals surface area contributed by atoms with Crippen molar-refractivity contribution in [3.05, 3.63) is 30.5 Å². The first kappa shape index (κ1) is 15.5. The van der Waals surface area contributed by atoms with Crippen molar-refractivity contribution in [3.8, 4) is 5.75 Å². The van der Waals surface area contributed by atoms with Crippen LogP contribution in [0.5, 0.6) is 5.75 Å². The highest BCUT2D eigenvalue weighted by Gasteiger charge is 2.21. The van der Waals surface area contributed by atoms with E-state index in [4.69, 9.17) is 4.74 Å². The van der Waals surface area contributed by atoms with Crippen molar-refractivity contribution >= 4 is 16.6 Å². The number of fused-ring (bicyclic) bond motifs is 1. The molecule has 1 heterocycles. The standard InChI is InChI=1S/C16H23N3O2/c1-16(20,11-19(2)3)10-18-15-14-6-5-13(21-4)9-12(14)7-8-17-15/h5-9,20H,10-11H2,1-4H3,(H,17,18). The number of hydrogen-bond donors (Lipinski definition) is 2. The minimum atomic E-state index is -0.820. The zero-order valence-electron chi connectivity index (χ0n) is 13.1. The van der Waals surface area contributed by atoms with E-state index in [1.165, 1.54) is 0 Å². The van der Waals surface area contributed by atoms with Gasteiger partial charge in [-0.15, -0.1) is 0 Å². The topological polar surface area (TPSA) is 57.6 Å². The van der Waals surface area contributed by atoms with E-state index in [1.54, 1.807) is 13.3 Å². The van der Waals surface area contributed by atoms with Crippen LogP contribution in [0.3, 0.4) is 0 Å². The van der Waals surface area contributed by atoms with Gasteiger partial charge >= 0.3 is 0 Å². The number of pyridine rings is 1. The van der Waals surface area contributed by atoms with Crippen LogP contribution in [0.4, 0.5) is 5.82 Å². The quantitative estimate of drug-likeness (QED) is 0.851. The van der Waals surface area contributed by atoms with Crippen LogP contribution in [-0.4, -0.2) is 54.9 Å². The Morgan fingerprint density at radius 2 is 2.10 bits per heavy atom. The molecule has 2 aromatic rings. The Kier molecular flexibility index (Phi) is 4.65. The number of likely N-dealkylation sites (N-methyl/N-ethyl adjacent to an activating group) is 1. The Bertz CT molecular complexity index is 611. The van der Waals surface area contributed by atoms with Gasteiger partial charge in [0.15, 0.2) is 0 Å². The van der Waals surface area contributed by atoms with E-state index >= 15 is 0 Å². The molecule has 0 saturated heterocycles. The number of anilines is 1. The van der Waals surface area contributed by atoms with Gasteiger partial charge in [0.2, 0.25) is 0 Å². The molecule has 2 rings (SSSR count). The highest BCUT2D eigenvalue weighted by atomic mass is 16.5. The summed E-state index contributed by atoms with van der Waals surface area (Å²) in [6.45, 7) is 2.83. The van der Waals surface area contributed by atoms with Gasteiger partial charge in [0.25, 0.3) is 0 Å².